The molecule has 2 nitrogen and oxygen atoms in total. The van der Waals surface area contributed by atoms with E-state index >= 15 is 0 Å². The Kier molecular flexibility index (Phi) is 4.82. The third-order valence-electron chi connectivity index (χ3n) is 4.85. The Labute approximate surface area is 121 Å². The van der Waals surface area contributed by atoms with Gasteiger partial charge in [0.15, 0.2) is 0 Å². The van der Waals surface area contributed by atoms with Crippen molar-refractivity contribution in [2.75, 3.05) is 7.11 Å². The van der Waals surface area contributed by atoms with Crippen molar-refractivity contribution in [1.29, 1.82) is 0 Å². The fourth-order valence-electron chi connectivity index (χ4n) is 3.21. The molecule has 1 aliphatic rings. The standard InChI is InChI=1S/C17H25FO2/c1-12-6-8-17(20-3,9-7-12)16(19)11-14-4-5-15(18)10-13(14)2/h4-5,10,12,16,19H,6-9,11H2,1-3H3. The highest BCUT2D eigenvalue weighted by molar-refractivity contribution is 5.27. The van der Waals surface area contributed by atoms with Crippen LogP contribution in [0.4, 0.5) is 4.39 Å². The molecule has 1 unspecified atom stereocenters. The van der Waals surface area contributed by atoms with E-state index in [1.54, 1.807) is 13.2 Å². The molecule has 1 saturated carbocycles. The highest BCUT2D eigenvalue weighted by Crippen LogP contribution is 2.38. The molecule has 0 spiro atoms. The van der Waals surface area contributed by atoms with Crippen molar-refractivity contribution in [3.05, 3.63) is 35.1 Å². The molecule has 1 aliphatic carbocycles. The molecule has 1 N–H and O–H groups in total. The molecule has 0 aromatic heterocycles. The molecule has 1 aromatic carbocycles. The molecule has 0 bridgehead atoms. The Bertz CT molecular complexity index is 450. The molecule has 1 fully saturated rings. The minimum absolute atomic E-state index is 0.228. The highest BCUT2D eigenvalue weighted by Gasteiger charge is 2.40. The van der Waals surface area contributed by atoms with Gasteiger partial charge in [0.1, 0.15) is 5.82 Å². The van der Waals surface area contributed by atoms with Crippen LogP contribution in [0.3, 0.4) is 0 Å². The number of aryl methyl sites for hydroxylation is 1. The second kappa shape index (κ2) is 6.23. The Morgan fingerprint density at radius 1 is 1.40 bits per heavy atom. The monoisotopic (exact) mass is 280 g/mol. The Morgan fingerprint density at radius 2 is 2.05 bits per heavy atom. The van der Waals surface area contributed by atoms with Crippen molar-refractivity contribution < 1.29 is 14.2 Å². The third-order valence-corrected chi connectivity index (χ3v) is 4.85. The van der Waals surface area contributed by atoms with Crippen molar-refractivity contribution in [2.24, 2.45) is 5.92 Å². The quantitative estimate of drug-likeness (QED) is 0.912. The zero-order valence-electron chi connectivity index (χ0n) is 12.7. The summed E-state index contributed by atoms with van der Waals surface area (Å²) in [6.07, 6.45) is 3.96. The number of methoxy groups -OCH3 is 1. The Hall–Kier alpha value is -0.930. The van der Waals surface area contributed by atoms with Crippen LogP contribution in [0.1, 0.15) is 43.7 Å². The molecule has 0 amide bonds. The summed E-state index contributed by atoms with van der Waals surface area (Å²) >= 11 is 0. The van der Waals surface area contributed by atoms with E-state index in [1.807, 2.05) is 6.92 Å². The number of rotatable bonds is 4. The van der Waals surface area contributed by atoms with Crippen LogP contribution in [0, 0.1) is 18.7 Å². The van der Waals surface area contributed by atoms with E-state index in [1.165, 1.54) is 12.1 Å². The van der Waals surface area contributed by atoms with E-state index in [4.69, 9.17) is 4.74 Å². The molecule has 0 aliphatic heterocycles. The first kappa shape index (κ1) is 15.5. The van der Waals surface area contributed by atoms with Gasteiger partial charge in [-0.3, -0.25) is 0 Å². The van der Waals surface area contributed by atoms with Crippen LogP contribution < -0.4 is 0 Å². The number of ether oxygens (including phenoxy) is 1. The maximum Gasteiger partial charge on any atom is 0.123 e. The van der Waals surface area contributed by atoms with Gasteiger partial charge in [-0.1, -0.05) is 13.0 Å². The Morgan fingerprint density at radius 3 is 2.60 bits per heavy atom. The van der Waals surface area contributed by atoms with E-state index < -0.39 is 11.7 Å². The lowest BCUT2D eigenvalue weighted by atomic mass is 9.75. The molecule has 2 rings (SSSR count). The molecule has 0 radical (unpaired) electrons. The van der Waals surface area contributed by atoms with Crippen LogP contribution in [-0.4, -0.2) is 23.9 Å². The summed E-state index contributed by atoms with van der Waals surface area (Å²) in [5.74, 6) is 0.478. The fourth-order valence-corrected chi connectivity index (χ4v) is 3.21. The average Bonchev–Trinajstić information content (AvgIpc) is 2.43. The van der Waals surface area contributed by atoms with Crippen molar-refractivity contribution in [2.45, 2.75) is 57.7 Å². The van der Waals surface area contributed by atoms with Crippen molar-refractivity contribution in [1.82, 2.24) is 0 Å². The summed E-state index contributed by atoms with van der Waals surface area (Å²) in [6.45, 7) is 4.13. The summed E-state index contributed by atoms with van der Waals surface area (Å²) in [7, 11) is 1.69. The molecular weight excluding hydrogens is 255 g/mol. The molecule has 1 aromatic rings. The first-order valence-electron chi connectivity index (χ1n) is 7.45. The molecule has 0 saturated heterocycles. The van der Waals surface area contributed by atoms with Gasteiger partial charge in [0.05, 0.1) is 11.7 Å². The van der Waals surface area contributed by atoms with Gasteiger partial charge in [0.2, 0.25) is 0 Å². The zero-order chi connectivity index (χ0) is 14.8. The van der Waals surface area contributed by atoms with Crippen LogP contribution in [0.2, 0.25) is 0 Å². The van der Waals surface area contributed by atoms with Gasteiger partial charge >= 0.3 is 0 Å². The predicted octanol–water partition coefficient (Wildman–Crippen LogP) is 3.63. The number of benzene rings is 1. The van der Waals surface area contributed by atoms with Gasteiger partial charge in [-0.2, -0.15) is 0 Å². The van der Waals surface area contributed by atoms with E-state index in [0.29, 0.717) is 12.3 Å². The largest absolute Gasteiger partial charge is 0.390 e. The van der Waals surface area contributed by atoms with Gasteiger partial charge in [0, 0.05) is 13.5 Å². The number of halogens is 1. The van der Waals surface area contributed by atoms with Crippen molar-refractivity contribution in [3.8, 4) is 0 Å². The first-order valence-corrected chi connectivity index (χ1v) is 7.45. The molecular formula is C17H25FO2. The second-order valence-corrected chi connectivity index (χ2v) is 6.24. The van der Waals surface area contributed by atoms with Crippen molar-refractivity contribution >= 4 is 0 Å². The molecule has 112 valence electrons. The van der Waals surface area contributed by atoms with Crippen LogP contribution in [0.5, 0.6) is 0 Å². The highest BCUT2D eigenvalue weighted by atomic mass is 19.1. The van der Waals surface area contributed by atoms with E-state index in [0.717, 1.165) is 36.8 Å². The van der Waals surface area contributed by atoms with Gasteiger partial charge in [0.25, 0.3) is 0 Å². The van der Waals surface area contributed by atoms with E-state index in [-0.39, 0.29) is 5.82 Å². The molecule has 3 heteroatoms. The maximum atomic E-state index is 13.1. The second-order valence-electron chi connectivity index (χ2n) is 6.24. The van der Waals surface area contributed by atoms with Crippen LogP contribution in [-0.2, 0) is 11.2 Å². The maximum absolute atomic E-state index is 13.1. The summed E-state index contributed by atoms with van der Waals surface area (Å²) in [5, 5.41) is 10.6. The fraction of sp³-hybridized carbons (Fsp3) is 0.647. The van der Waals surface area contributed by atoms with Crippen LogP contribution >= 0.6 is 0 Å². The minimum atomic E-state index is -0.538. The van der Waals surface area contributed by atoms with Crippen LogP contribution in [0.15, 0.2) is 18.2 Å². The summed E-state index contributed by atoms with van der Waals surface area (Å²) in [5.41, 5.74) is 1.45. The number of hydrogen-bond acceptors (Lipinski definition) is 2. The third kappa shape index (κ3) is 3.21. The summed E-state index contributed by atoms with van der Waals surface area (Å²) in [6, 6.07) is 4.74. The minimum Gasteiger partial charge on any atom is -0.390 e. The lowest BCUT2D eigenvalue weighted by Gasteiger charge is -2.42. The van der Waals surface area contributed by atoms with Gasteiger partial charge in [-0.25, -0.2) is 4.39 Å². The number of aliphatic hydroxyl groups is 1. The van der Waals surface area contributed by atoms with Gasteiger partial charge in [-0.15, -0.1) is 0 Å². The SMILES string of the molecule is COC1(C(O)Cc2ccc(F)cc2C)CCC(C)CC1. The van der Waals surface area contributed by atoms with Gasteiger partial charge in [-0.05, 0) is 61.8 Å². The molecule has 0 heterocycles. The van der Waals surface area contributed by atoms with Crippen LogP contribution in [0.25, 0.3) is 0 Å². The number of aliphatic hydroxyl groups excluding tert-OH is 1. The average molecular weight is 280 g/mol. The smallest absolute Gasteiger partial charge is 0.123 e. The summed E-state index contributed by atoms with van der Waals surface area (Å²) in [4.78, 5) is 0. The molecule has 20 heavy (non-hydrogen) atoms. The van der Waals surface area contributed by atoms with Gasteiger partial charge < -0.3 is 9.84 Å². The van der Waals surface area contributed by atoms with E-state index in [2.05, 4.69) is 6.92 Å². The molecule has 1 atom stereocenters. The van der Waals surface area contributed by atoms with Crippen molar-refractivity contribution in [3.63, 3.8) is 0 Å². The normalized spacial score (nSPS) is 28.4. The Balaban J connectivity index is 2.11. The lowest BCUT2D eigenvalue weighted by molar-refractivity contribution is -0.127. The zero-order valence-corrected chi connectivity index (χ0v) is 12.7. The first-order chi connectivity index (χ1) is 9.47. The number of hydrogen-bond donors (Lipinski definition) is 1. The van der Waals surface area contributed by atoms with E-state index in [9.17, 15) is 9.50 Å². The lowest BCUT2D eigenvalue weighted by Crippen LogP contribution is -2.48. The summed E-state index contributed by atoms with van der Waals surface area (Å²) < 4.78 is 18.8. The predicted molar refractivity (Wildman–Crippen MR) is 78.2 cm³/mol. The topological polar surface area (TPSA) is 29.5 Å².